The van der Waals surface area contributed by atoms with E-state index >= 15 is 0 Å². The number of aromatic nitrogens is 3. The molecule has 1 fully saturated rings. The van der Waals surface area contributed by atoms with Crippen molar-refractivity contribution >= 4 is 18.2 Å². The molecule has 2 rings (SSSR count). The third-order valence-electron chi connectivity index (χ3n) is 2.78. The number of hydrogen-bond donors (Lipinski definition) is 2. The first-order valence-electron chi connectivity index (χ1n) is 5.06. The van der Waals surface area contributed by atoms with E-state index in [4.69, 9.17) is 17.3 Å². The first-order valence-corrected chi connectivity index (χ1v) is 5.47. The molecule has 0 amide bonds. The molecule has 0 unspecified atom stereocenters. The summed E-state index contributed by atoms with van der Waals surface area (Å²) in [7, 11) is 0. The molecular formula is C9H13N3O2S. The number of H-pyrrole nitrogens is 1. The van der Waals surface area contributed by atoms with Crippen molar-refractivity contribution in [2.24, 2.45) is 0 Å². The van der Waals surface area contributed by atoms with Crippen LogP contribution in [0.3, 0.4) is 0 Å². The zero-order valence-corrected chi connectivity index (χ0v) is 9.09. The Kier molecular flexibility index (Phi) is 2.86. The molecule has 1 aromatic heterocycles. The lowest BCUT2D eigenvalue weighted by Crippen LogP contribution is -2.19. The summed E-state index contributed by atoms with van der Waals surface area (Å²) in [5.74, 6) is -0.0313. The smallest absolute Gasteiger partial charge is 0.303 e. The predicted molar refractivity (Wildman–Crippen MR) is 56.3 cm³/mol. The Morgan fingerprint density at radius 3 is 2.93 bits per heavy atom. The van der Waals surface area contributed by atoms with Crippen LogP contribution in [0.1, 0.15) is 37.5 Å². The van der Waals surface area contributed by atoms with Gasteiger partial charge in [0.15, 0.2) is 4.77 Å². The zero-order valence-electron chi connectivity index (χ0n) is 8.27. The number of carboxylic acids is 1. The van der Waals surface area contributed by atoms with Crippen molar-refractivity contribution in [1.29, 1.82) is 0 Å². The van der Waals surface area contributed by atoms with Gasteiger partial charge in [0.25, 0.3) is 0 Å². The minimum atomic E-state index is -0.802. The van der Waals surface area contributed by atoms with E-state index in [2.05, 4.69) is 10.2 Å². The molecule has 15 heavy (non-hydrogen) atoms. The van der Waals surface area contributed by atoms with E-state index in [1.54, 1.807) is 0 Å². The molecule has 0 aromatic carbocycles. The topological polar surface area (TPSA) is 70.9 Å². The number of carboxylic acid groups (broad SMARTS) is 1. The first-order chi connectivity index (χ1) is 7.18. The second-order valence-electron chi connectivity index (χ2n) is 3.79. The number of aryl methyl sites for hydroxylation is 1. The highest BCUT2D eigenvalue weighted by atomic mass is 32.1. The van der Waals surface area contributed by atoms with Gasteiger partial charge in [-0.25, -0.2) is 0 Å². The number of rotatable bonds is 4. The molecule has 82 valence electrons. The van der Waals surface area contributed by atoms with Crippen LogP contribution in [0, 0.1) is 4.77 Å². The average molecular weight is 227 g/mol. The fourth-order valence-electron chi connectivity index (χ4n) is 1.75. The summed E-state index contributed by atoms with van der Waals surface area (Å²) in [5, 5.41) is 15.4. The number of aliphatic carboxylic acids is 1. The van der Waals surface area contributed by atoms with Crippen LogP contribution in [0.2, 0.25) is 0 Å². The van der Waals surface area contributed by atoms with Gasteiger partial charge in [-0.15, -0.1) is 0 Å². The van der Waals surface area contributed by atoms with E-state index in [-0.39, 0.29) is 6.42 Å². The summed E-state index contributed by atoms with van der Waals surface area (Å²) in [6.45, 7) is 0. The lowest BCUT2D eigenvalue weighted by Gasteiger charge is -2.27. The third kappa shape index (κ3) is 2.09. The molecule has 1 heterocycles. The van der Waals surface area contributed by atoms with Crippen LogP contribution >= 0.6 is 12.2 Å². The minimum absolute atomic E-state index is 0.104. The second kappa shape index (κ2) is 4.14. The Hall–Kier alpha value is -1.17. The predicted octanol–water partition coefficient (Wildman–Crippen LogP) is 1.68. The summed E-state index contributed by atoms with van der Waals surface area (Å²) in [5.41, 5.74) is 0. The van der Waals surface area contributed by atoms with Gasteiger partial charge in [-0.05, 0) is 31.5 Å². The Bertz CT molecular complexity index is 419. The quantitative estimate of drug-likeness (QED) is 0.768. The van der Waals surface area contributed by atoms with E-state index in [1.807, 2.05) is 4.57 Å². The molecule has 6 heteroatoms. The van der Waals surface area contributed by atoms with Crippen molar-refractivity contribution < 1.29 is 9.90 Å². The highest BCUT2D eigenvalue weighted by Crippen LogP contribution is 2.32. The lowest BCUT2D eigenvalue weighted by atomic mass is 9.93. The van der Waals surface area contributed by atoms with E-state index in [0.717, 1.165) is 18.7 Å². The van der Waals surface area contributed by atoms with Gasteiger partial charge in [0.2, 0.25) is 0 Å². The number of aromatic amines is 1. The van der Waals surface area contributed by atoms with Crippen molar-refractivity contribution in [3.8, 4) is 0 Å². The molecule has 0 spiro atoms. The monoisotopic (exact) mass is 227 g/mol. The van der Waals surface area contributed by atoms with Crippen molar-refractivity contribution in [2.75, 3.05) is 0 Å². The molecule has 0 aliphatic heterocycles. The molecule has 2 N–H and O–H groups in total. The van der Waals surface area contributed by atoms with E-state index < -0.39 is 5.97 Å². The van der Waals surface area contributed by atoms with Crippen LogP contribution in [0.15, 0.2) is 0 Å². The maximum Gasteiger partial charge on any atom is 0.303 e. The first kappa shape index (κ1) is 10.4. The molecule has 1 aromatic rings. The van der Waals surface area contributed by atoms with Crippen LogP contribution < -0.4 is 0 Å². The molecule has 0 radical (unpaired) electrons. The van der Waals surface area contributed by atoms with Crippen molar-refractivity contribution in [3.05, 3.63) is 10.6 Å². The molecule has 0 atom stereocenters. The van der Waals surface area contributed by atoms with Gasteiger partial charge in [-0.2, -0.15) is 5.10 Å². The Labute approximate surface area is 92.1 Å². The molecule has 1 aliphatic carbocycles. The van der Waals surface area contributed by atoms with Gasteiger partial charge in [-0.1, -0.05) is 0 Å². The SMILES string of the molecule is O=C(O)CCc1n[nH]c(=S)n1C1CCC1. The van der Waals surface area contributed by atoms with Gasteiger partial charge < -0.3 is 9.67 Å². The van der Waals surface area contributed by atoms with Gasteiger partial charge in [0.05, 0.1) is 6.42 Å². The molecule has 0 bridgehead atoms. The van der Waals surface area contributed by atoms with Crippen molar-refractivity contribution in [1.82, 2.24) is 14.8 Å². The highest BCUT2D eigenvalue weighted by Gasteiger charge is 2.23. The number of hydrogen-bond acceptors (Lipinski definition) is 3. The normalized spacial score (nSPS) is 16.3. The average Bonchev–Trinajstić information content (AvgIpc) is 2.43. The summed E-state index contributed by atoms with van der Waals surface area (Å²) < 4.78 is 2.59. The van der Waals surface area contributed by atoms with Gasteiger partial charge in [0.1, 0.15) is 5.82 Å². The second-order valence-corrected chi connectivity index (χ2v) is 4.18. The lowest BCUT2D eigenvalue weighted by molar-refractivity contribution is -0.137. The molecule has 1 aliphatic rings. The summed E-state index contributed by atoms with van der Waals surface area (Å²) in [6.07, 6.45) is 4.00. The maximum absolute atomic E-state index is 10.5. The van der Waals surface area contributed by atoms with Gasteiger partial charge >= 0.3 is 5.97 Å². The fourth-order valence-corrected chi connectivity index (χ4v) is 2.05. The standard InChI is InChI=1S/C9H13N3O2S/c13-8(14)5-4-7-10-11-9(15)12(7)6-2-1-3-6/h6H,1-5H2,(H,11,15)(H,13,14). The van der Waals surface area contributed by atoms with Crippen LogP contribution in [0.4, 0.5) is 0 Å². The van der Waals surface area contributed by atoms with E-state index in [9.17, 15) is 4.79 Å². The molecule has 0 saturated heterocycles. The van der Waals surface area contributed by atoms with Gasteiger partial charge in [0, 0.05) is 12.5 Å². The molecular weight excluding hydrogens is 214 g/mol. The van der Waals surface area contributed by atoms with Crippen LogP contribution in [0.5, 0.6) is 0 Å². The summed E-state index contributed by atoms with van der Waals surface area (Å²) in [4.78, 5) is 10.5. The highest BCUT2D eigenvalue weighted by molar-refractivity contribution is 7.71. The molecule has 1 saturated carbocycles. The largest absolute Gasteiger partial charge is 0.481 e. The zero-order chi connectivity index (χ0) is 10.8. The Morgan fingerprint density at radius 2 is 2.40 bits per heavy atom. The Balaban J connectivity index is 2.15. The molecule has 5 nitrogen and oxygen atoms in total. The van der Waals surface area contributed by atoms with E-state index in [0.29, 0.717) is 17.2 Å². The van der Waals surface area contributed by atoms with Gasteiger partial charge in [-0.3, -0.25) is 9.89 Å². The van der Waals surface area contributed by atoms with Crippen LogP contribution in [-0.2, 0) is 11.2 Å². The minimum Gasteiger partial charge on any atom is -0.481 e. The third-order valence-corrected chi connectivity index (χ3v) is 3.07. The fraction of sp³-hybridized carbons (Fsp3) is 0.667. The summed E-state index contributed by atoms with van der Waals surface area (Å²) in [6, 6.07) is 0.431. The van der Waals surface area contributed by atoms with Crippen LogP contribution in [0.25, 0.3) is 0 Å². The number of nitrogens with one attached hydrogen (secondary N) is 1. The van der Waals surface area contributed by atoms with Crippen LogP contribution in [-0.4, -0.2) is 25.8 Å². The van der Waals surface area contributed by atoms with Crippen molar-refractivity contribution in [2.45, 2.75) is 38.1 Å². The van der Waals surface area contributed by atoms with E-state index in [1.165, 1.54) is 6.42 Å². The summed E-state index contributed by atoms with van der Waals surface area (Å²) >= 11 is 5.13. The van der Waals surface area contributed by atoms with Crippen molar-refractivity contribution in [3.63, 3.8) is 0 Å². The Morgan fingerprint density at radius 1 is 1.67 bits per heavy atom. The maximum atomic E-state index is 10.5. The number of nitrogens with zero attached hydrogens (tertiary/aromatic N) is 2. The number of carbonyl (C=O) groups is 1.